The third-order valence-electron chi connectivity index (χ3n) is 2.99. The Labute approximate surface area is 132 Å². The van der Waals surface area contributed by atoms with E-state index >= 15 is 0 Å². The number of carbonyl (C=O) groups excluding carboxylic acids is 1. The standard InChI is InChI=1S/C16H17BrN2O2/c1-3-21-16(20)11-5-4-6-13(15(11)18)19-14-9-10(2)7-8-12(14)17/h4-9,19H,3,18H2,1-2H3. The summed E-state index contributed by atoms with van der Waals surface area (Å²) in [5.74, 6) is -0.415. The van der Waals surface area contributed by atoms with Gasteiger partial charge in [0.1, 0.15) is 0 Å². The molecule has 5 heteroatoms. The molecule has 110 valence electrons. The van der Waals surface area contributed by atoms with Crippen LogP contribution in [0.25, 0.3) is 0 Å². The number of benzene rings is 2. The van der Waals surface area contributed by atoms with E-state index in [1.807, 2.05) is 31.2 Å². The highest BCUT2D eigenvalue weighted by atomic mass is 79.9. The largest absolute Gasteiger partial charge is 0.462 e. The van der Waals surface area contributed by atoms with Crippen molar-refractivity contribution >= 4 is 39.0 Å². The predicted molar refractivity (Wildman–Crippen MR) is 89.0 cm³/mol. The first kappa shape index (κ1) is 15.4. The number of nitrogen functional groups attached to an aromatic ring is 1. The maximum Gasteiger partial charge on any atom is 0.340 e. The number of esters is 1. The van der Waals surface area contributed by atoms with E-state index in [2.05, 4.69) is 21.2 Å². The van der Waals surface area contributed by atoms with Crippen LogP contribution in [0.15, 0.2) is 40.9 Å². The second-order valence-electron chi connectivity index (χ2n) is 4.60. The molecule has 0 amide bonds. The molecule has 0 heterocycles. The Morgan fingerprint density at radius 3 is 2.76 bits per heavy atom. The highest BCUT2D eigenvalue weighted by molar-refractivity contribution is 9.10. The SMILES string of the molecule is CCOC(=O)c1cccc(Nc2cc(C)ccc2Br)c1N. The summed E-state index contributed by atoms with van der Waals surface area (Å²) < 4.78 is 5.93. The van der Waals surface area contributed by atoms with Crippen molar-refractivity contribution in [3.05, 3.63) is 52.0 Å². The van der Waals surface area contributed by atoms with E-state index in [0.29, 0.717) is 23.5 Å². The van der Waals surface area contributed by atoms with E-state index in [9.17, 15) is 4.79 Å². The van der Waals surface area contributed by atoms with Gasteiger partial charge in [0.25, 0.3) is 0 Å². The Hall–Kier alpha value is -2.01. The number of nitrogens with one attached hydrogen (secondary N) is 1. The summed E-state index contributed by atoms with van der Waals surface area (Å²) in [6.07, 6.45) is 0. The van der Waals surface area contributed by atoms with E-state index in [4.69, 9.17) is 10.5 Å². The van der Waals surface area contributed by atoms with Crippen molar-refractivity contribution in [1.29, 1.82) is 0 Å². The van der Waals surface area contributed by atoms with E-state index in [0.717, 1.165) is 15.7 Å². The number of carbonyl (C=O) groups is 1. The molecule has 0 spiro atoms. The fraction of sp³-hybridized carbons (Fsp3) is 0.188. The fourth-order valence-corrected chi connectivity index (χ4v) is 2.29. The van der Waals surface area contributed by atoms with Crippen molar-refractivity contribution in [2.75, 3.05) is 17.7 Å². The van der Waals surface area contributed by atoms with E-state index in [-0.39, 0.29) is 0 Å². The first-order chi connectivity index (χ1) is 10.0. The Morgan fingerprint density at radius 1 is 1.29 bits per heavy atom. The van der Waals surface area contributed by atoms with Crippen molar-refractivity contribution in [3.63, 3.8) is 0 Å². The molecule has 0 radical (unpaired) electrons. The molecule has 2 aromatic carbocycles. The third kappa shape index (κ3) is 3.55. The highest BCUT2D eigenvalue weighted by Gasteiger charge is 2.14. The molecule has 2 rings (SSSR count). The predicted octanol–water partition coefficient (Wildman–Crippen LogP) is 4.26. The van der Waals surface area contributed by atoms with Gasteiger partial charge in [0, 0.05) is 4.47 Å². The molecule has 0 saturated heterocycles. The Kier molecular flexibility index (Phi) is 4.85. The summed E-state index contributed by atoms with van der Waals surface area (Å²) in [5.41, 5.74) is 9.51. The van der Waals surface area contributed by atoms with Gasteiger partial charge in [-0.1, -0.05) is 12.1 Å². The monoisotopic (exact) mass is 348 g/mol. The van der Waals surface area contributed by atoms with Crippen molar-refractivity contribution < 1.29 is 9.53 Å². The minimum absolute atomic E-state index is 0.319. The Bertz CT molecular complexity index is 671. The molecule has 4 nitrogen and oxygen atoms in total. The topological polar surface area (TPSA) is 64.3 Å². The van der Waals surface area contributed by atoms with Gasteiger partial charge in [0.2, 0.25) is 0 Å². The van der Waals surface area contributed by atoms with Gasteiger partial charge >= 0.3 is 5.97 Å². The number of hydrogen-bond donors (Lipinski definition) is 2. The average Bonchev–Trinajstić information content (AvgIpc) is 2.45. The number of rotatable bonds is 4. The summed E-state index contributed by atoms with van der Waals surface area (Å²) in [4.78, 5) is 11.9. The lowest BCUT2D eigenvalue weighted by molar-refractivity contribution is 0.0527. The zero-order valence-corrected chi connectivity index (χ0v) is 13.5. The highest BCUT2D eigenvalue weighted by Crippen LogP contribution is 2.31. The quantitative estimate of drug-likeness (QED) is 0.639. The number of halogens is 1. The first-order valence-electron chi connectivity index (χ1n) is 6.61. The zero-order chi connectivity index (χ0) is 15.4. The van der Waals surface area contributed by atoms with Gasteiger partial charge in [-0.3, -0.25) is 0 Å². The van der Waals surface area contributed by atoms with Crippen LogP contribution < -0.4 is 11.1 Å². The fourth-order valence-electron chi connectivity index (χ4n) is 1.94. The summed E-state index contributed by atoms with van der Waals surface area (Å²) in [6.45, 7) is 4.09. The van der Waals surface area contributed by atoms with Crippen LogP contribution in [0.1, 0.15) is 22.8 Å². The number of para-hydroxylation sites is 1. The van der Waals surface area contributed by atoms with Crippen LogP contribution in [-0.2, 0) is 4.74 Å². The first-order valence-corrected chi connectivity index (χ1v) is 7.41. The normalized spacial score (nSPS) is 10.2. The molecular weight excluding hydrogens is 332 g/mol. The zero-order valence-electron chi connectivity index (χ0n) is 11.9. The molecule has 0 unspecified atom stereocenters. The van der Waals surface area contributed by atoms with E-state index in [1.54, 1.807) is 19.1 Å². The second kappa shape index (κ2) is 6.63. The number of aryl methyl sites for hydroxylation is 1. The molecule has 0 fully saturated rings. The summed E-state index contributed by atoms with van der Waals surface area (Å²) in [7, 11) is 0. The number of hydrogen-bond acceptors (Lipinski definition) is 4. The maximum atomic E-state index is 11.9. The number of ether oxygens (including phenoxy) is 1. The molecule has 3 N–H and O–H groups in total. The lowest BCUT2D eigenvalue weighted by Gasteiger charge is -2.14. The van der Waals surface area contributed by atoms with Crippen molar-refractivity contribution in [2.45, 2.75) is 13.8 Å². The average molecular weight is 349 g/mol. The Morgan fingerprint density at radius 2 is 2.05 bits per heavy atom. The molecule has 0 aliphatic rings. The minimum Gasteiger partial charge on any atom is -0.462 e. The summed E-state index contributed by atoms with van der Waals surface area (Å²) in [5, 5.41) is 3.24. The number of anilines is 3. The van der Waals surface area contributed by atoms with Crippen LogP contribution >= 0.6 is 15.9 Å². The van der Waals surface area contributed by atoms with Gasteiger partial charge in [-0.15, -0.1) is 0 Å². The van der Waals surface area contributed by atoms with Crippen molar-refractivity contribution in [3.8, 4) is 0 Å². The van der Waals surface area contributed by atoms with Crippen LogP contribution in [-0.4, -0.2) is 12.6 Å². The van der Waals surface area contributed by atoms with Crippen LogP contribution in [0.5, 0.6) is 0 Å². The lowest BCUT2D eigenvalue weighted by atomic mass is 10.1. The molecule has 0 bridgehead atoms. The summed E-state index contributed by atoms with van der Waals surface area (Å²) >= 11 is 3.49. The summed E-state index contributed by atoms with van der Waals surface area (Å²) in [6, 6.07) is 11.2. The smallest absolute Gasteiger partial charge is 0.340 e. The minimum atomic E-state index is -0.415. The molecule has 2 aromatic rings. The van der Waals surface area contributed by atoms with Crippen LogP contribution in [0.3, 0.4) is 0 Å². The van der Waals surface area contributed by atoms with Gasteiger partial charge in [0.15, 0.2) is 0 Å². The molecule has 0 aliphatic heterocycles. The van der Waals surface area contributed by atoms with Gasteiger partial charge in [0.05, 0.1) is 29.2 Å². The molecule has 21 heavy (non-hydrogen) atoms. The van der Waals surface area contributed by atoms with Crippen LogP contribution in [0.2, 0.25) is 0 Å². The number of nitrogens with two attached hydrogens (primary N) is 1. The van der Waals surface area contributed by atoms with Gasteiger partial charge in [-0.25, -0.2) is 4.79 Å². The Balaban J connectivity index is 2.35. The second-order valence-corrected chi connectivity index (χ2v) is 5.45. The van der Waals surface area contributed by atoms with Gasteiger partial charge in [-0.2, -0.15) is 0 Å². The van der Waals surface area contributed by atoms with E-state index < -0.39 is 5.97 Å². The maximum absolute atomic E-state index is 11.9. The van der Waals surface area contributed by atoms with E-state index in [1.165, 1.54) is 0 Å². The van der Waals surface area contributed by atoms with Gasteiger partial charge in [-0.05, 0) is 59.6 Å². The molecule has 0 atom stereocenters. The molecule has 0 aromatic heterocycles. The third-order valence-corrected chi connectivity index (χ3v) is 3.68. The van der Waals surface area contributed by atoms with Crippen LogP contribution in [0.4, 0.5) is 17.1 Å². The van der Waals surface area contributed by atoms with Crippen molar-refractivity contribution in [1.82, 2.24) is 0 Å². The van der Waals surface area contributed by atoms with Crippen LogP contribution in [0, 0.1) is 6.92 Å². The molecular formula is C16H17BrN2O2. The molecule has 0 aliphatic carbocycles. The molecule has 0 saturated carbocycles. The van der Waals surface area contributed by atoms with Gasteiger partial charge < -0.3 is 15.8 Å². The lowest BCUT2D eigenvalue weighted by Crippen LogP contribution is -2.09. The van der Waals surface area contributed by atoms with Crippen molar-refractivity contribution in [2.24, 2.45) is 0 Å².